The van der Waals surface area contributed by atoms with Crippen LogP contribution in [-0.4, -0.2) is 34.6 Å². The van der Waals surface area contributed by atoms with Gasteiger partial charge in [0.15, 0.2) is 11.5 Å². The van der Waals surface area contributed by atoms with E-state index in [1.807, 2.05) is 32.0 Å². The molecule has 0 spiro atoms. The number of nitrogens with zero attached hydrogens (tertiary/aromatic N) is 2. The molecule has 6 heteroatoms. The summed E-state index contributed by atoms with van der Waals surface area (Å²) in [5.41, 5.74) is 3.17. The minimum absolute atomic E-state index is 0.00238. The maximum atomic E-state index is 12.5. The van der Waals surface area contributed by atoms with Crippen molar-refractivity contribution in [1.82, 2.24) is 14.9 Å². The smallest absolute Gasteiger partial charge is 0.258 e. The van der Waals surface area contributed by atoms with E-state index in [0.29, 0.717) is 24.4 Å². The summed E-state index contributed by atoms with van der Waals surface area (Å²) in [6.07, 6.45) is 0.921. The fourth-order valence-electron chi connectivity index (χ4n) is 3.93. The zero-order valence-corrected chi connectivity index (χ0v) is 17.2. The van der Waals surface area contributed by atoms with Crippen molar-refractivity contribution in [3.63, 3.8) is 0 Å². The Bertz CT molecular complexity index is 1080. The number of para-hydroxylation sites is 1. The molecule has 2 aromatic carbocycles. The molecule has 0 saturated heterocycles. The monoisotopic (exact) mass is 393 g/mol. The molecule has 0 fully saturated rings. The fraction of sp³-hybridized carbons (Fsp3) is 0.391. The lowest BCUT2D eigenvalue weighted by atomic mass is 9.97. The molecule has 0 amide bonds. The summed E-state index contributed by atoms with van der Waals surface area (Å²) in [4.78, 5) is 22.5. The van der Waals surface area contributed by atoms with Crippen LogP contribution in [0, 0.1) is 0 Å². The first kappa shape index (κ1) is 19.5. The number of rotatable bonds is 6. The van der Waals surface area contributed by atoms with Crippen LogP contribution >= 0.6 is 0 Å². The van der Waals surface area contributed by atoms with Crippen LogP contribution in [0.5, 0.6) is 11.5 Å². The molecular weight excluding hydrogens is 366 g/mol. The highest BCUT2D eigenvalue weighted by Gasteiger charge is 2.25. The number of fused-ring (bicyclic) bond motifs is 2. The molecule has 1 aliphatic rings. The summed E-state index contributed by atoms with van der Waals surface area (Å²) in [5.74, 6) is 2.31. The summed E-state index contributed by atoms with van der Waals surface area (Å²) in [6.45, 7) is 8.94. The normalized spacial score (nSPS) is 15.1. The van der Waals surface area contributed by atoms with Gasteiger partial charge in [-0.05, 0) is 62.6 Å². The highest BCUT2D eigenvalue weighted by molar-refractivity contribution is 5.77. The number of aromatic amines is 1. The number of aromatic nitrogens is 2. The molecule has 1 aliphatic heterocycles. The van der Waals surface area contributed by atoms with Gasteiger partial charge in [0.1, 0.15) is 5.82 Å². The van der Waals surface area contributed by atoms with Crippen LogP contribution in [0.15, 0.2) is 41.2 Å². The van der Waals surface area contributed by atoms with E-state index >= 15 is 0 Å². The van der Waals surface area contributed by atoms with Crippen molar-refractivity contribution in [2.45, 2.75) is 39.8 Å². The van der Waals surface area contributed by atoms with E-state index in [0.717, 1.165) is 36.5 Å². The summed E-state index contributed by atoms with van der Waals surface area (Å²) in [6, 6.07) is 11.7. The lowest BCUT2D eigenvalue weighted by Gasteiger charge is -2.33. The van der Waals surface area contributed by atoms with Gasteiger partial charge in [0.2, 0.25) is 0 Å². The van der Waals surface area contributed by atoms with E-state index in [9.17, 15) is 4.79 Å². The van der Waals surface area contributed by atoms with E-state index in [1.54, 1.807) is 6.07 Å². The maximum Gasteiger partial charge on any atom is 0.258 e. The Balaban J connectivity index is 1.62. The topological polar surface area (TPSA) is 67.5 Å². The van der Waals surface area contributed by atoms with Crippen LogP contribution in [0.1, 0.15) is 43.8 Å². The van der Waals surface area contributed by atoms with E-state index in [-0.39, 0.29) is 11.6 Å². The molecule has 0 bridgehead atoms. The van der Waals surface area contributed by atoms with Crippen molar-refractivity contribution in [2.24, 2.45) is 0 Å². The SMILES string of the molecule is CCOc1cc2c(cc1OCC)CN([C@@H](C)c1nc3ccccc3c(=O)[nH]1)CC2. The molecule has 0 radical (unpaired) electrons. The van der Waals surface area contributed by atoms with Crippen molar-refractivity contribution in [3.05, 3.63) is 63.7 Å². The number of hydrogen-bond donors (Lipinski definition) is 1. The van der Waals surface area contributed by atoms with Gasteiger partial charge in [-0.3, -0.25) is 9.69 Å². The zero-order valence-electron chi connectivity index (χ0n) is 17.2. The third-order valence-electron chi connectivity index (χ3n) is 5.48. The molecule has 152 valence electrons. The second-order valence-electron chi connectivity index (χ2n) is 7.30. The van der Waals surface area contributed by atoms with Crippen LogP contribution in [0.3, 0.4) is 0 Å². The standard InChI is InChI=1S/C23H27N3O3/c1-4-28-20-12-16-10-11-26(14-17(16)13-21(20)29-5-2)15(3)22-24-19-9-7-6-8-18(19)23(27)25-22/h6-9,12-13,15H,4-5,10-11,14H2,1-3H3,(H,24,25,27)/t15-/m0/s1. The maximum absolute atomic E-state index is 12.5. The Morgan fingerprint density at radius 1 is 1.10 bits per heavy atom. The van der Waals surface area contributed by atoms with E-state index in [4.69, 9.17) is 14.5 Å². The Hall–Kier alpha value is -2.86. The second-order valence-corrected chi connectivity index (χ2v) is 7.30. The third kappa shape index (κ3) is 3.85. The number of nitrogens with one attached hydrogen (secondary N) is 1. The molecule has 1 N–H and O–H groups in total. The first-order valence-electron chi connectivity index (χ1n) is 10.2. The molecule has 4 rings (SSSR count). The van der Waals surface area contributed by atoms with Gasteiger partial charge in [-0.2, -0.15) is 0 Å². The molecule has 0 unspecified atom stereocenters. The molecule has 3 aromatic rings. The summed E-state index contributed by atoms with van der Waals surface area (Å²) in [7, 11) is 0. The van der Waals surface area contributed by atoms with Crippen molar-refractivity contribution < 1.29 is 9.47 Å². The summed E-state index contributed by atoms with van der Waals surface area (Å²) < 4.78 is 11.6. The van der Waals surface area contributed by atoms with Crippen molar-refractivity contribution in [2.75, 3.05) is 19.8 Å². The molecule has 0 saturated carbocycles. The molecule has 2 heterocycles. The quantitative estimate of drug-likeness (QED) is 0.689. The Morgan fingerprint density at radius 3 is 2.52 bits per heavy atom. The molecule has 6 nitrogen and oxygen atoms in total. The number of hydrogen-bond acceptors (Lipinski definition) is 5. The zero-order chi connectivity index (χ0) is 20.4. The highest BCUT2D eigenvalue weighted by Crippen LogP contribution is 2.35. The highest BCUT2D eigenvalue weighted by atomic mass is 16.5. The van der Waals surface area contributed by atoms with E-state index < -0.39 is 0 Å². The van der Waals surface area contributed by atoms with E-state index in [2.05, 4.69) is 28.9 Å². The molecule has 1 atom stereocenters. The van der Waals surface area contributed by atoms with Gasteiger partial charge < -0.3 is 14.5 Å². The molecule has 29 heavy (non-hydrogen) atoms. The number of H-pyrrole nitrogens is 1. The molecular formula is C23H27N3O3. The van der Waals surface area contributed by atoms with Gasteiger partial charge in [0.05, 0.1) is 30.2 Å². The number of benzene rings is 2. The van der Waals surface area contributed by atoms with Gasteiger partial charge in [-0.25, -0.2) is 4.98 Å². The van der Waals surface area contributed by atoms with Crippen LogP contribution in [0.4, 0.5) is 0 Å². The van der Waals surface area contributed by atoms with Gasteiger partial charge in [0, 0.05) is 13.1 Å². The van der Waals surface area contributed by atoms with E-state index in [1.165, 1.54) is 11.1 Å². The average molecular weight is 393 g/mol. The predicted octanol–water partition coefficient (Wildman–Crippen LogP) is 3.84. The average Bonchev–Trinajstić information content (AvgIpc) is 2.73. The second kappa shape index (κ2) is 8.25. The van der Waals surface area contributed by atoms with Gasteiger partial charge in [-0.1, -0.05) is 12.1 Å². The minimum Gasteiger partial charge on any atom is -0.490 e. The van der Waals surface area contributed by atoms with Crippen LogP contribution in [-0.2, 0) is 13.0 Å². The minimum atomic E-state index is -0.0881. The van der Waals surface area contributed by atoms with Crippen molar-refractivity contribution >= 4 is 10.9 Å². The Labute approximate surface area is 170 Å². The van der Waals surface area contributed by atoms with Gasteiger partial charge in [-0.15, -0.1) is 0 Å². The van der Waals surface area contributed by atoms with Crippen molar-refractivity contribution in [3.8, 4) is 11.5 Å². The summed E-state index contributed by atoms with van der Waals surface area (Å²) >= 11 is 0. The van der Waals surface area contributed by atoms with Crippen LogP contribution in [0.2, 0.25) is 0 Å². The summed E-state index contributed by atoms with van der Waals surface area (Å²) in [5, 5.41) is 0.622. The Kier molecular flexibility index (Phi) is 5.53. The third-order valence-corrected chi connectivity index (χ3v) is 5.48. The van der Waals surface area contributed by atoms with Crippen LogP contribution < -0.4 is 15.0 Å². The fourth-order valence-corrected chi connectivity index (χ4v) is 3.93. The molecule has 1 aromatic heterocycles. The lowest BCUT2D eigenvalue weighted by Crippen LogP contribution is -2.34. The van der Waals surface area contributed by atoms with Crippen LogP contribution in [0.25, 0.3) is 10.9 Å². The van der Waals surface area contributed by atoms with Gasteiger partial charge >= 0.3 is 0 Å². The Morgan fingerprint density at radius 2 is 1.79 bits per heavy atom. The van der Waals surface area contributed by atoms with Crippen molar-refractivity contribution in [1.29, 1.82) is 0 Å². The largest absolute Gasteiger partial charge is 0.490 e. The predicted molar refractivity (Wildman–Crippen MR) is 114 cm³/mol. The number of ether oxygens (including phenoxy) is 2. The molecule has 0 aliphatic carbocycles. The first-order chi connectivity index (χ1) is 14.1. The first-order valence-corrected chi connectivity index (χ1v) is 10.2. The van der Waals surface area contributed by atoms with Gasteiger partial charge in [0.25, 0.3) is 5.56 Å². The lowest BCUT2D eigenvalue weighted by molar-refractivity contribution is 0.184.